The zero-order chi connectivity index (χ0) is 20.7. The van der Waals surface area contributed by atoms with E-state index in [1.54, 1.807) is 21.9 Å². The van der Waals surface area contributed by atoms with Gasteiger partial charge in [0.05, 0.1) is 10.6 Å². The Kier molecular flexibility index (Phi) is 5.37. The summed E-state index contributed by atoms with van der Waals surface area (Å²) in [7, 11) is -2.64. The van der Waals surface area contributed by atoms with Gasteiger partial charge in [-0.1, -0.05) is 26.8 Å². The second-order valence-corrected chi connectivity index (χ2v) is 10.3. The largest absolute Gasteiger partial charge is 0.345 e. The molecule has 0 N–H and O–H groups in total. The van der Waals surface area contributed by atoms with Crippen molar-refractivity contribution in [1.82, 2.24) is 14.1 Å². The van der Waals surface area contributed by atoms with Gasteiger partial charge < -0.3 is 9.80 Å². The minimum atomic E-state index is -3.97. The third-order valence-electron chi connectivity index (χ3n) is 4.66. The Morgan fingerprint density at radius 3 is 2.25 bits per heavy atom. The average molecular weight is 425 g/mol. The number of piperazine rings is 1. The van der Waals surface area contributed by atoms with Gasteiger partial charge in [0.1, 0.15) is 5.70 Å². The zero-order valence-corrected chi connectivity index (χ0v) is 18.0. The van der Waals surface area contributed by atoms with Gasteiger partial charge in [-0.2, -0.15) is 8.42 Å². The zero-order valence-electron chi connectivity index (χ0n) is 16.4. The van der Waals surface area contributed by atoms with Crippen molar-refractivity contribution in [1.29, 1.82) is 0 Å². The van der Waals surface area contributed by atoms with E-state index in [1.165, 1.54) is 24.5 Å². The molecule has 8 nitrogen and oxygen atoms in total. The molecule has 3 rings (SSSR count). The molecule has 1 aromatic heterocycles. The molecule has 0 bridgehead atoms. The first-order chi connectivity index (χ1) is 13.0. The topological polar surface area (TPSA) is 90.4 Å². The third kappa shape index (κ3) is 3.97. The van der Waals surface area contributed by atoms with Crippen LogP contribution in [0.4, 0.5) is 0 Å². The minimum absolute atomic E-state index is 0.0447. The Hall–Kier alpha value is -2.20. The lowest BCUT2D eigenvalue weighted by atomic mass is 9.94. The molecular weight excluding hydrogens is 400 g/mol. The van der Waals surface area contributed by atoms with Crippen molar-refractivity contribution in [3.63, 3.8) is 0 Å². The molecule has 2 aliphatic heterocycles. The number of likely N-dealkylation sites (N-methyl/N-ethyl adjacent to an activating group) is 1. The number of carbonyl (C=O) groups excluding carboxylic acids is 2. The van der Waals surface area contributed by atoms with Crippen LogP contribution in [0.2, 0.25) is 0 Å². The molecule has 0 saturated carbocycles. The van der Waals surface area contributed by atoms with Crippen molar-refractivity contribution in [2.45, 2.75) is 20.8 Å². The molecule has 2 aliphatic rings. The van der Waals surface area contributed by atoms with Crippen LogP contribution in [0.25, 0.3) is 0 Å². The molecule has 1 aromatic rings. The summed E-state index contributed by atoms with van der Waals surface area (Å²) in [6.45, 7) is 7.17. The van der Waals surface area contributed by atoms with Crippen LogP contribution in [-0.2, 0) is 19.8 Å². The van der Waals surface area contributed by atoms with E-state index in [4.69, 9.17) is 0 Å². The van der Waals surface area contributed by atoms with Gasteiger partial charge in [-0.05, 0) is 17.5 Å². The first kappa shape index (κ1) is 20.5. The van der Waals surface area contributed by atoms with Crippen molar-refractivity contribution in [2.75, 3.05) is 33.2 Å². The Labute approximate surface area is 169 Å². The highest BCUT2D eigenvalue weighted by Crippen LogP contribution is 2.24. The van der Waals surface area contributed by atoms with Gasteiger partial charge in [0.2, 0.25) is 5.91 Å². The minimum Gasteiger partial charge on any atom is -0.339 e. The number of nitrogens with zero attached hydrogens (tertiary/aromatic N) is 4. The van der Waals surface area contributed by atoms with Gasteiger partial charge >= 0.3 is 10.2 Å². The summed E-state index contributed by atoms with van der Waals surface area (Å²) in [6.07, 6.45) is 1.52. The molecule has 0 radical (unpaired) electrons. The maximum Gasteiger partial charge on any atom is 0.345 e. The molecule has 0 aromatic carbocycles. The van der Waals surface area contributed by atoms with Crippen LogP contribution >= 0.6 is 11.3 Å². The smallest absolute Gasteiger partial charge is 0.339 e. The number of amides is 2. The van der Waals surface area contributed by atoms with Crippen molar-refractivity contribution in [2.24, 2.45) is 9.81 Å². The molecule has 0 spiro atoms. The Morgan fingerprint density at radius 2 is 1.71 bits per heavy atom. The highest BCUT2D eigenvalue weighted by molar-refractivity contribution is 7.88. The van der Waals surface area contributed by atoms with E-state index in [2.05, 4.69) is 4.40 Å². The number of allylic oxidation sites excluding steroid dienone is 1. The number of thiophene rings is 1. The predicted octanol–water partition coefficient (Wildman–Crippen LogP) is 1.33. The molecule has 0 unspecified atom stereocenters. The average Bonchev–Trinajstić information content (AvgIpc) is 3.16. The molecule has 3 heterocycles. The van der Waals surface area contributed by atoms with Gasteiger partial charge in [-0.3, -0.25) is 9.59 Å². The van der Waals surface area contributed by atoms with E-state index < -0.39 is 15.6 Å². The maximum atomic E-state index is 13.0. The lowest BCUT2D eigenvalue weighted by Gasteiger charge is -2.38. The van der Waals surface area contributed by atoms with Crippen molar-refractivity contribution in [3.05, 3.63) is 34.2 Å². The molecular formula is C18H24N4O4S2. The quantitative estimate of drug-likeness (QED) is 0.716. The number of hydrogen-bond donors (Lipinski definition) is 0. The molecule has 1 saturated heterocycles. The van der Waals surface area contributed by atoms with Gasteiger partial charge in [0, 0.05) is 38.6 Å². The predicted molar refractivity (Wildman–Crippen MR) is 108 cm³/mol. The van der Waals surface area contributed by atoms with Crippen LogP contribution in [-0.4, -0.2) is 73.3 Å². The van der Waals surface area contributed by atoms with Crippen LogP contribution in [0.5, 0.6) is 0 Å². The first-order valence-electron chi connectivity index (χ1n) is 8.94. The van der Waals surface area contributed by atoms with Crippen LogP contribution in [0, 0.1) is 5.41 Å². The fourth-order valence-corrected chi connectivity index (χ4v) is 4.69. The summed E-state index contributed by atoms with van der Waals surface area (Å²) in [6, 6.07) is 3.56. The molecule has 0 aliphatic carbocycles. The van der Waals surface area contributed by atoms with Crippen molar-refractivity contribution >= 4 is 39.1 Å². The fraction of sp³-hybridized carbons (Fsp3) is 0.500. The monoisotopic (exact) mass is 424 g/mol. The molecule has 0 atom stereocenters. The molecule has 152 valence electrons. The van der Waals surface area contributed by atoms with Gasteiger partial charge in [-0.15, -0.1) is 15.7 Å². The van der Waals surface area contributed by atoms with Gasteiger partial charge in [0.25, 0.3) is 5.91 Å². The van der Waals surface area contributed by atoms with Crippen LogP contribution in [0.3, 0.4) is 0 Å². The summed E-state index contributed by atoms with van der Waals surface area (Å²) in [5, 5.41) is 1.82. The number of carbonyl (C=O) groups is 2. The van der Waals surface area contributed by atoms with Gasteiger partial charge in [-0.25, -0.2) is 4.31 Å². The normalized spacial score (nSPS) is 19.9. The fourth-order valence-electron chi connectivity index (χ4n) is 3.04. The number of rotatable bonds is 2. The molecule has 28 heavy (non-hydrogen) atoms. The number of hydrogen-bond acceptors (Lipinski definition) is 5. The summed E-state index contributed by atoms with van der Waals surface area (Å²) in [5.41, 5.74) is -0.148. The summed E-state index contributed by atoms with van der Waals surface area (Å²) in [5.74, 6) is -0.332. The van der Waals surface area contributed by atoms with Crippen molar-refractivity contribution < 1.29 is 18.0 Å². The summed E-state index contributed by atoms with van der Waals surface area (Å²) < 4.78 is 29.5. The van der Waals surface area contributed by atoms with E-state index in [9.17, 15) is 18.0 Å². The molecule has 1 fully saturated rings. The Bertz CT molecular complexity index is 935. The first-order valence-corrected chi connectivity index (χ1v) is 11.2. The highest BCUT2D eigenvalue weighted by Gasteiger charge is 2.35. The van der Waals surface area contributed by atoms with Crippen LogP contribution in [0.15, 0.2) is 33.7 Å². The van der Waals surface area contributed by atoms with E-state index in [0.717, 1.165) is 4.31 Å². The Balaban J connectivity index is 1.79. The Morgan fingerprint density at radius 1 is 1.11 bits per heavy atom. The van der Waals surface area contributed by atoms with Crippen LogP contribution in [0.1, 0.15) is 25.6 Å². The summed E-state index contributed by atoms with van der Waals surface area (Å²) >= 11 is 1.36. The third-order valence-corrected chi connectivity index (χ3v) is 6.87. The molecule has 2 amide bonds. The maximum absolute atomic E-state index is 13.0. The van der Waals surface area contributed by atoms with E-state index in [-0.39, 0.29) is 23.2 Å². The van der Waals surface area contributed by atoms with Crippen LogP contribution < -0.4 is 0 Å². The summed E-state index contributed by atoms with van der Waals surface area (Å²) in [4.78, 5) is 29.5. The van der Waals surface area contributed by atoms with E-state index in [0.29, 0.717) is 31.1 Å². The lowest BCUT2D eigenvalue weighted by molar-refractivity contribution is -0.144. The second kappa shape index (κ2) is 7.32. The standard InChI is InChI=1S/C18H24N4O4S2/c1-18(2,3)17(24)22-9-7-21(8-10-22)16(23)14-12-13(15-6-5-11-27-15)19-28(25,26)20(14)4/h5-6,11-12H,7-10H2,1-4H3. The second-order valence-electron chi connectivity index (χ2n) is 7.76. The SMILES string of the molecule is CN1C(C(=O)N2CCN(C(=O)C(C)(C)C)CC2)=CC(c2cccs2)=NS1(=O)=O. The van der Waals surface area contributed by atoms with Gasteiger partial charge in [0.15, 0.2) is 0 Å². The van der Waals surface area contributed by atoms with Crippen molar-refractivity contribution in [3.8, 4) is 0 Å². The van der Waals surface area contributed by atoms with E-state index in [1.807, 2.05) is 26.2 Å². The molecule has 10 heteroatoms. The highest BCUT2D eigenvalue weighted by atomic mass is 32.2. The van der Waals surface area contributed by atoms with E-state index >= 15 is 0 Å². The lowest BCUT2D eigenvalue weighted by Crippen LogP contribution is -2.54.